The van der Waals surface area contributed by atoms with E-state index < -0.39 is 0 Å². The molecule has 0 heterocycles. The number of allylic oxidation sites excluding steroid dienone is 1. The topological polar surface area (TPSA) is 0 Å². The van der Waals surface area contributed by atoms with Crippen LogP contribution >= 0.6 is 0 Å². The Balaban J connectivity index is 2.29. The minimum atomic E-state index is 0.619. The lowest BCUT2D eigenvalue weighted by molar-refractivity contribution is 0.712. The molecule has 1 saturated carbocycles. The zero-order chi connectivity index (χ0) is 12.3. The van der Waals surface area contributed by atoms with Crippen LogP contribution in [0.1, 0.15) is 49.3 Å². The van der Waals surface area contributed by atoms with Gasteiger partial charge in [0.25, 0.3) is 0 Å². The molecule has 0 saturated heterocycles. The first kappa shape index (κ1) is 12.0. The van der Waals surface area contributed by atoms with E-state index in [0.717, 1.165) is 11.1 Å². The minimum absolute atomic E-state index is 0.619. The average molecular weight is 224 g/mol. The van der Waals surface area contributed by atoms with Crippen LogP contribution in [0.25, 0.3) is 5.57 Å². The fourth-order valence-corrected chi connectivity index (χ4v) is 2.38. The third-order valence-electron chi connectivity index (χ3n) is 3.40. The molecule has 1 aromatic carbocycles. The van der Waals surface area contributed by atoms with E-state index in [1.54, 1.807) is 0 Å². The van der Waals surface area contributed by atoms with E-state index in [2.05, 4.69) is 43.5 Å². The van der Waals surface area contributed by atoms with Crippen molar-refractivity contribution in [2.75, 3.05) is 0 Å². The molecular formula is C17H20. The van der Waals surface area contributed by atoms with Crippen molar-refractivity contribution in [2.24, 2.45) is 5.92 Å². The molecule has 88 valence electrons. The zero-order valence-electron chi connectivity index (χ0n) is 10.8. The maximum absolute atomic E-state index is 4.03. The third-order valence-corrected chi connectivity index (χ3v) is 3.40. The summed E-state index contributed by atoms with van der Waals surface area (Å²) in [6.45, 7) is 8.19. The highest BCUT2D eigenvalue weighted by Gasteiger charge is 2.11. The van der Waals surface area contributed by atoms with Gasteiger partial charge in [-0.3, -0.25) is 0 Å². The lowest BCUT2D eigenvalue weighted by Gasteiger charge is -2.05. The van der Waals surface area contributed by atoms with Gasteiger partial charge in [0.05, 0.1) is 0 Å². The summed E-state index contributed by atoms with van der Waals surface area (Å²) >= 11 is 0. The monoisotopic (exact) mass is 224 g/mol. The molecule has 1 aliphatic rings. The van der Waals surface area contributed by atoms with Gasteiger partial charge in [0, 0.05) is 11.5 Å². The zero-order valence-corrected chi connectivity index (χ0v) is 10.8. The van der Waals surface area contributed by atoms with Crippen LogP contribution in [0.5, 0.6) is 0 Å². The van der Waals surface area contributed by atoms with Crippen LogP contribution in [0, 0.1) is 24.7 Å². The van der Waals surface area contributed by atoms with Crippen molar-refractivity contribution in [3.63, 3.8) is 0 Å². The van der Waals surface area contributed by atoms with Crippen molar-refractivity contribution in [1.29, 1.82) is 0 Å². The summed E-state index contributed by atoms with van der Waals surface area (Å²) < 4.78 is 0. The fraction of sp³-hybridized carbons (Fsp3) is 0.412. The molecule has 0 radical (unpaired) electrons. The maximum Gasteiger partial charge on any atom is 0.0322 e. The van der Waals surface area contributed by atoms with Gasteiger partial charge in [-0.15, -0.1) is 0 Å². The molecule has 0 aliphatic heterocycles. The molecule has 2 rings (SSSR count). The molecule has 0 spiro atoms. The molecule has 0 atom stereocenters. The van der Waals surface area contributed by atoms with E-state index in [1.165, 1.54) is 36.8 Å². The summed E-state index contributed by atoms with van der Waals surface area (Å²) in [7, 11) is 0. The molecule has 0 nitrogen and oxygen atoms in total. The van der Waals surface area contributed by atoms with Gasteiger partial charge in [-0.2, -0.15) is 0 Å². The first-order valence-electron chi connectivity index (χ1n) is 6.45. The van der Waals surface area contributed by atoms with E-state index in [1.807, 2.05) is 6.92 Å². The third kappa shape index (κ3) is 3.01. The van der Waals surface area contributed by atoms with Gasteiger partial charge in [0.1, 0.15) is 0 Å². The van der Waals surface area contributed by atoms with Crippen LogP contribution in [0.3, 0.4) is 0 Å². The quantitative estimate of drug-likeness (QED) is 0.613. The molecule has 0 aromatic heterocycles. The predicted octanol–water partition coefficient (Wildman–Crippen LogP) is 4.57. The molecule has 0 bridgehead atoms. The van der Waals surface area contributed by atoms with E-state index in [0.29, 0.717) is 5.92 Å². The van der Waals surface area contributed by atoms with Gasteiger partial charge in [-0.25, -0.2) is 0 Å². The summed E-state index contributed by atoms with van der Waals surface area (Å²) in [5.74, 6) is 7.41. The van der Waals surface area contributed by atoms with Crippen molar-refractivity contribution in [3.05, 3.63) is 41.5 Å². The van der Waals surface area contributed by atoms with Crippen molar-refractivity contribution in [1.82, 2.24) is 0 Å². The van der Waals surface area contributed by atoms with Crippen LogP contribution in [-0.2, 0) is 0 Å². The summed E-state index contributed by atoms with van der Waals surface area (Å²) in [6, 6.07) is 6.44. The highest BCUT2D eigenvalue weighted by molar-refractivity contribution is 5.68. The molecule has 0 N–H and O–H groups in total. The lowest BCUT2D eigenvalue weighted by Crippen LogP contribution is -1.90. The number of aryl methyl sites for hydroxylation is 1. The van der Waals surface area contributed by atoms with Crippen LogP contribution in [0.15, 0.2) is 24.8 Å². The van der Waals surface area contributed by atoms with Crippen molar-refractivity contribution < 1.29 is 0 Å². The second-order valence-corrected chi connectivity index (χ2v) is 5.08. The van der Waals surface area contributed by atoms with Gasteiger partial charge >= 0.3 is 0 Å². The molecule has 0 heteroatoms. The van der Waals surface area contributed by atoms with E-state index in [-0.39, 0.29) is 0 Å². The number of hydrogen-bond acceptors (Lipinski definition) is 0. The average Bonchev–Trinajstić information content (AvgIpc) is 2.78. The molecule has 0 unspecified atom stereocenters. The normalized spacial score (nSPS) is 15.4. The Kier molecular flexibility index (Phi) is 3.69. The Bertz CT molecular complexity index is 476. The molecule has 1 aromatic rings. The predicted molar refractivity (Wildman–Crippen MR) is 74.7 cm³/mol. The van der Waals surface area contributed by atoms with E-state index in [4.69, 9.17) is 0 Å². The first-order chi connectivity index (χ1) is 8.16. The highest BCUT2D eigenvalue weighted by Crippen LogP contribution is 2.24. The van der Waals surface area contributed by atoms with Crippen LogP contribution in [-0.4, -0.2) is 0 Å². The Morgan fingerprint density at radius 2 is 2.00 bits per heavy atom. The number of rotatable bonds is 1. The summed E-state index contributed by atoms with van der Waals surface area (Å²) in [4.78, 5) is 0. The second-order valence-electron chi connectivity index (χ2n) is 5.08. The highest BCUT2D eigenvalue weighted by atomic mass is 14.2. The van der Waals surface area contributed by atoms with Crippen LogP contribution < -0.4 is 0 Å². The minimum Gasteiger partial charge on any atom is -0.0955 e. The van der Waals surface area contributed by atoms with Crippen molar-refractivity contribution in [2.45, 2.75) is 39.5 Å². The molecule has 17 heavy (non-hydrogen) atoms. The summed E-state index contributed by atoms with van der Waals surface area (Å²) in [6.07, 6.45) is 5.25. The van der Waals surface area contributed by atoms with E-state index in [9.17, 15) is 0 Å². The van der Waals surface area contributed by atoms with Gasteiger partial charge in [-0.05, 0) is 49.5 Å². The Labute approximate surface area is 105 Å². The second kappa shape index (κ2) is 5.23. The molecule has 1 aliphatic carbocycles. The Hall–Kier alpha value is -1.48. The summed E-state index contributed by atoms with van der Waals surface area (Å²) in [5.41, 5.74) is 4.71. The van der Waals surface area contributed by atoms with Gasteiger partial charge < -0.3 is 0 Å². The SMILES string of the molecule is C=C(C)c1ccc(C)cc1C#CC1CCCC1. The van der Waals surface area contributed by atoms with Gasteiger partial charge in [-0.1, -0.05) is 43.4 Å². The molecule has 0 amide bonds. The van der Waals surface area contributed by atoms with Crippen LogP contribution in [0.4, 0.5) is 0 Å². The van der Waals surface area contributed by atoms with Crippen molar-refractivity contribution in [3.8, 4) is 11.8 Å². The van der Waals surface area contributed by atoms with E-state index >= 15 is 0 Å². The van der Waals surface area contributed by atoms with Gasteiger partial charge in [0.15, 0.2) is 0 Å². The fourth-order valence-electron chi connectivity index (χ4n) is 2.38. The molecular weight excluding hydrogens is 204 g/mol. The standard InChI is InChI=1S/C17H20/c1-13(2)17-11-8-14(3)12-16(17)10-9-15-6-4-5-7-15/h8,11-12,15H,1,4-7H2,2-3H3. The van der Waals surface area contributed by atoms with Crippen molar-refractivity contribution >= 4 is 5.57 Å². The Morgan fingerprint density at radius 1 is 1.29 bits per heavy atom. The van der Waals surface area contributed by atoms with Gasteiger partial charge in [0.2, 0.25) is 0 Å². The number of hydrogen-bond donors (Lipinski definition) is 0. The summed E-state index contributed by atoms with van der Waals surface area (Å²) in [5, 5.41) is 0. The number of benzene rings is 1. The maximum atomic E-state index is 4.03. The molecule has 1 fully saturated rings. The lowest BCUT2D eigenvalue weighted by atomic mass is 9.99. The largest absolute Gasteiger partial charge is 0.0955 e. The first-order valence-corrected chi connectivity index (χ1v) is 6.45. The Morgan fingerprint density at radius 3 is 2.65 bits per heavy atom. The smallest absolute Gasteiger partial charge is 0.0322 e. The van der Waals surface area contributed by atoms with Crippen LogP contribution in [0.2, 0.25) is 0 Å².